The summed E-state index contributed by atoms with van der Waals surface area (Å²) in [5, 5.41) is 11.8. The van der Waals surface area contributed by atoms with E-state index < -0.39 is 5.41 Å². The third-order valence-corrected chi connectivity index (χ3v) is 9.88. The molecule has 0 atom stereocenters. The van der Waals surface area contributed by atoms with E-state index in [9.17, 15) is 5.26 Å². The number of benzene rings is 6. The van der Waals surface area contributed by atoms with Gasteiger partial charge in [0.15, 0.2) is 0 Å². The molecule has 7 aromatic rings. The van der Waals surface area contributed by atoms with E-state index in [0.717, 1.165) is 16.7 Å². The Kier molecular flexibility index (Phi) is 8.09. The maximum Gasteiger partial charge on any atom is 0.141 e. The maximum absolute atomic E-state index is 9.35. The van der Waals surface area contributed by atoms with Crippen LogP contribution in [-0.2, 0) is 5.41 Å². The lowest BCUT2D eigenvalue weighted by atomic mass is 9.67. The molecule has 0 unspecified atom stereocenters. The van der Waals surface area contributed by atoms with Gasteiger partial charge in [-0.1, -0.05) is 158 Å². The first kappa shape index (κ1) is 30.8. The van der Waals surface area contributed by atoms with Crippen molar-refractivity contribution in [2.45, 2.75) is 12.3 Å². The minimum Gasteiger partial charge on any atom is -0.246 e. The molecule has 50 heavy (non-hydrogen) atoms. The van der Waals surface area contributed by atoms with Gasteiger partial charge in [0, 0.05) is 6.20 Å². The van der Waals surface area contributed by atoms with Crippen LogP contribution in [0.5, 0.6) is 0 Å². The normalized spacial score (nSPS) is 13.4. The molecular weight excluding hydrogens is 605 g/mol. The predicted octanol–water partition coefficient (Wildman–Crippen LogP) is 11.8. The molecule has 2 nitrogen and oxygen atoms in total. The Hall–Kier alpha value is -6.56. The van der Waals surface area contributed by atoms with Gasteiger partial charge in [0.05, 0.1) is 5.41 Å². The summed E-state index contributed by atoms with van der Waals surface area (Å²) in [4.78, 5) is 4.13. The van der Waals surface area contributed by atoms with Crippen molar-refractivity contribution >= 4 is 22.4 Å². The van der Waals surface area contributed by atoms with Crippen LogP contribution in [0.4, 0.5) is 0 Å². The highest BCUT2D eigenvalue weighted by atomic mass is 14.7. The number of nitrogens with zero attached hydrogens (tertiary/aromatic N) is 2. The number of fused-ring (bicyclic) bond motifs is 5. The molecule has 0 saturated carbocycles. The number of nitriles is 1. The van der Waals surface area contributed by atoms with Gasteiger partial charge in [-0.15, -0.1) is 0 Å². The molecule has 1 aliphatic rings. The van der Waals surface area contributed by atoms with Crippen LogP contribution in [0, 0.1) is 11.3 Å². The lowest BCUT2D eigenvalue weighted by Crippen LogP contribution is -2.28. The molecular formula is C48H34N2. The zero-order chi connectivity index (χ0) is 33.9. The van der Waals surface area contributed by atoms with Crippen LogP contribution >= 0.6 is 0 Å². The van der Waals surface area contributed by atoms with Crippen molar-refractivity contribution in [3.05, 3.63) is 221 Å². The third-order valence-electron chi connectivity index (χ3n) is 9.88. The lowest BCUT2D eigenvalue weighted by molar-refractivity contribution is 0.769. The van der Waals surface area contributed by atoms with E-state index in [2.05, 4.69) is 181 Å². The van der Waals surface area contributed by atoms with Crippen molar-refractivity contribution < 1.29 is 0 Å². The molecule has 1 aliphatic carbocycles. The summed E-state index contributed by atoms with van der Waals surface area (Å²) in [6.07, 6.45) is 12.2. The van der Waals surface area contributed by atoms with Crippen molar-refractivity contribution in [2.75, 3.05) is 0 Å². The highest BCUT2D eigenvalue weighted by Gasteiger charge is 2.47. The first-order chi connectivity index (χ1) is 24.7. The number of pyridine rings is 1. The number of rotatable bonds is 7. The van der Waals surface area contributed by atoms with Crippen LogP contribution in [0.2, 0.25) is 0 Å². The summed E-state index contributed by atoms with van der Waals surface area (Å²) < 4.78 is 0. The quantitative estimate of drug-likeness (QED) is 0.163. The van der Waals surface area contributed by atoms with E-state index in [1.54, 1.807) is 6.20 Å². The Labute approximate surface area is 293 Å². The van der Waals surface area contributed by atoms with Crippen LogP contribution in [-0.4, -0.2) is 4.98 Å². The Morgan fingerprint density at radius 2 is 1.30 bits per heavy atom. The highest BCUT2D eigenvalue weighted by Crippen LogP contribution is 2.58. The Morgan fingerprint density at radius 3 is 1.98 bits per heavy atom. The number of allylic oxidation sites excluding steroid dienone is 5. The van der Waals surface area contributed by atoms with Gasteiger partial charge in [0.2, 0.25) is 0 Å². The summed E-state index contributed by atoms with van der Waals surface area (Å²) in [5.74, 6) is 0. The zero-order valence-corrected chi connectivity index (χ0v) is 27.8. The predicted molar refractivity (Wildman–Crippen MR) is 207 cm³/mol. The van der Waals surface area contributed by atoms with Crippen LogP contribution in [0.1, 0.15) is 46.0 Å². The number of hydrogen-bond acceptors (Lipinski definition) is 2. The van der Waals surface area contributed by atoms with Crippen molar-refractivity contribution in [2.24, 2.45) is 0 Å². The zero-order valence-electron chi connectivity index (χ0n) is 27.8. The minimum absolute atomic E-state index is 0.410. The van der Waals surface area contributed by atoms with Gasteiger partial charge in [0.1, 0.15) is 11.8 Å². The van der Waals surface area contributed by atoms with E-state index in [0.29, 0.717) is 5.69 Å². The average molecular weight is 639 g/mol. The van der Waals surface area contributed by atoms with Gasteiger partial charge in [0.25, 0.3) is 0 Å². The SMILES string of the molecule is C\C=C(/C=C\C=C\c1cc2c(c3ccccc13)-c1ccc(-c3ccccc3)cc1C2(c1ccccc1)c1ccccc1)c1ccnc(C#N)c1. The molecule has 1 aromatic heterocycles. The second-order valence-corrected chi connectivity index (χ2v) is 12.5. The fourth-order valence-corrected chi connectivity index (χ4v) is 7.67. The van der Waals surface area contributed by atoms with Crippen molar-refractivity contribution in [3.8, 4) is 28.3 Å². The van der Waals surface area contributed by atoms with Gasteiger partial charge in [-0.25, -0.2) is 4.98 Å². The van der Waals surface area contributed by atoms with Gasteiger partial charge in [-0.3, -0.25) is 0 Å². The molecule has 6 aromatic carbocycles. The van der Waals surface area contributed by atoms with E-state index in [1.165, 1.54) is 55.3 Å². The largest absolute Gasteiger partial charge is 0.246 e. The highest BCUT2D eigenvalue weighted by molar-refractivity contribution is 6.07. The average Bonchev–Trinajstić information content (AvgIpc) is 3.49. The standard InChI is InChI=1S/C48H34N2/c1-2-34(37-28-29-50-41(30-37)33-49)16-12-13-19-38-32-46-47(43-25-15-14-24-42(38)43)44-27-26-36(35-17-6-3-7-18-35)31-45(44)48(46,39-20-8-4-9-21-39)40-22-10-5-11-23-40/h2-32H,1H3/b16-12-,19-13+,34-2+. The summed E-state index contributed by atoms with van der Waals surface area (Å²) >= 11 is 0. The molecule has 236 valence electrons. The monoisotopic (exact) mass is 638 g/mol. The molecule has 0 aliphatic heterocycles. The van der Waals surface area contributed by atoms with Gasteiger partial charge in [-0.2, -0.15) is 5.26 Å². The summed E-state index contributed by atoms with van der Waals surface area (Å²) in [6.45, 7) is 2.01. The number of aromatic nitrogens is 1. The molecule has 0 spiro atoms. The molecule has 8 rings (SSSR count). The molecule has 1 heterocycles. The molecule has 0 radical (unpaired) electrons. The van der Waals surface area contributed by atoms with Crippen LogP contribution in [0.15, 0.2) is 182 Å². The maximum atomic E-state index is 9.35. The summed E-state index contributed by atoms with van der Waals surface area (Å²) in [7, 11) is 0. The first-order valence-corrected chi connectivity index (χ1v) is 17.0. The van der Waals surface area contributed by atoms with Gasteiger partial charge < -0.3 is 0 Å². The van der Waals surface area contributed by atoms with E-state index in [4.69, 9.17) is 0 Å². The first-order valence-electron chi connectivity index (χ1n) is 17.0. The summed E-state index contributed by atoms with van der Waals surface area (Å²) in [6, 6.07) is 56.8. The van der Waals surface area contributed by atoms with Gasteiger partial charge >= 0.3 is 0 Å². The van der Waals surface area contributed by atoms with Crippen LogP contribution in [0.25, 0.3) is 44.7 Å². The number of hydrogen-bond donors (Lipinski definition) is 0. The summed E-state index contributed by atoms with van der Waals surface area (Å²) in [5.41, 5.74) is 13.1. The fraction of sp³-hybridized carbons (Fsp3) is 0.0417. The Balaban J connectivity index is 1.36. The topological polar surface area (TPSA) is 36.7 Å². The second kappa shape index (κ2) is 13.2. The minimum atomic E-state index is -0.529. The lowest BCUT2D eigenvalue weighted by Gasteiger charge is -2.34. The molecule has 0 fully saturated rings. The van der Waals surface area contributed by atoms with Gasteiger partial charge in [-0.05, 0) is 103 Å². The third kappa shape index (κ3) is 5.17. The van der Waals surface area contributed by atoms with E-state index in [1.807, 2.05) is 19.1 Å². The van der Waals surface area contributed by atoms with Crippen molar-refractivity contribution in [3.63, 3.8) is 0 Å². The van der Waals surface area contributed by atoms with E-state index >= 15 is 0 Å². The van der Waals surface area contributed by atoms with Crippen molar-refractivity contribution in [1.82, 2.24) is 4.98 Å². The Morgan fingerprint density at radius 1 is 0.640 bits per heavy atom. The van der Waals surface area contributed by atoms with Crippen molar-refractivity contribution in [1.29, 1.82) is 5.26 Å². The fourth-order valence-electron chi connectivity index (χ4n) is 7.67. The smallest absolute Gasteiger partial charge is 0.141 e. The molecule has 2 heteroatoms. The second-order valence-electron chi connectivity index (χ2n) is 12.5. The molecule has 0 saturated heterocycles. The molecule has 0 N–H and O–H groups in total. The Bertz CT molecular complexity index is 2440. The molecule has 0 amide bonds. The van der Waals surface area contributed by atoms with E-state index in [-0.39, 0.29) is 0 Å². The molecule has 0 bridgehead atoms. The van der Waals surface area contributed by atoms with Crippen LogP contribution in [0.3, 0.4) is 0 Å². The van der Waals surface area contributed by atoms with Crippen LogP contribution < -0.4 is 0 Å².